The van der Waals surface area contributed by atoms with Crippen LogP contribution in [0.2, 0.25) is 5.02 Å². The van der Waals surface area contributed by atoms with Gasteiger partial charge in [0.2, 0.25) is 10.0 Å². The highest BCUT2D eigenvalue weighted by Crippen LogP contribution is 2.57. The Labute approximate surface area is 206 Å². The molecule has 4 rings (SSSR count). The molecule has 3 aromatic rings. The average Bonchev–Trinajstić information content (AvgIpc) is 3.55. The maximum absolute atomic E-state index is 13.9. The number of rotatable bonds is 7. The van der Waals surface area contributed by atoms with Crippen LogP contribution in [0.25, 0.3) is 11.1 Å². The summed E-state index contributed by atoms with van der Waals surface area (Å²) in [4.78, 5) is 12.7. The van der Waals surface area contributed by atoms with Crippen LogP contribution in [0.3, 0.4) is 0 Å². The molecule has 2 atom stereocenters. The molecule has 2 unspecified atom stereocenters. The lowest BCUT2D eigenvalue weighted by Crippen LogP contribution is -2.51. The zero-order valence-corrected chi connectivity index (χ0v) is 21.0. The lowest BCUT2D eigenvalue weighted by Gasteiger charge is -2.34. The summed E-state index contributed by atoms with van der Waals surface area (Å²) in [5.41, 5.74) is 0.634. The van der Waals surface area contributed by atoms with Gasteiger partial charge in [-0.1, -0.05) is 87.0 Å². The van der Waals surface area contributed by atoms with Crippen LogP contribution in [0.15, 0.2) is 83.8 Å². The molecule has 5 nitrogen and oxygen atoms in total. The first-order valence-corrected chi connectivity index (χ1v) is 12.9. The normalized spacial score (nSPS) is 20.3. The molecule has 1 fully saturated rings. The van der Waals surface area contributed by atoms with Crippen LogP contribution < -0.4 is 0 Å². The van der Waals surface area contributed by atoms with E-state index >= 15 is 0 Å². The number of aliphatic carboxylic acids is 1. The van der Waals surface area contributed by atoms with E-state index in [1.165, 1.54) is 4.31 Å². The minimum absolute atomic E-state index is 0.0776. The summed E-state index contributed by atoms with van der Waals surface area (Å²) in [7, 11) is -4.09. The molecule has 1 aliphatic carbocycles. The fraction of sp³-hybridized carbons (Fsp3) is 0.296. The van der Waals surface area contributed by atoms with Crippen molar-refractivity contribution in [3.63, 3.8) is 0 Å². The van der Waals surface area contributed by atoms with Crippen molar-refractivity contribution < 1.29 is 18.3 Å². The van der Waals surface area contributed by atoms with E-state index in [1.54, 1.807) is 36.4 Å². The molecule has 0 amide bonds. The summed E-state index contributed by atoms with van der Waals surface area (Å²) in [6.07, 6.45) is 0.241. The van der Waals surface area contributed by atoms with Crippen molar-refractivity contribution in [3.8, 4) is 11.1 Å². The van der Waals surface area contributed by atoms with E-state index in [2.05, 4.69) is 0 Å². The van der Waals surface area contributed by atoms with Gasteiger partial charge in [0.15, 0.2) is 0 Å². The molecular weight excluding hydrogens is 470 g/mol. The number of benzene rings is 3. The smallest absolute Gasteiger partial charge is 0.325 e. The number of carboxylic acid groups (broad SMARTS) is 1. The molecule has 7 heteroatoms. The van der Waals surface area contributed by atoms with Crippen LogP contribution >= 0.6 is 11.6 Å². The topological polar surface area (TPSA) is 74.7 Å². The van der Waals surface area contributed by atoms with E-state index in [9.17, 15) is 18.3 Å². The molecule has 34 heavy (non-hydrogen) atoms. The van der Waals surface area contributed by atoms with Gasteiger partial charge in [0, 0.05) is 17.5 Å². The second kappa shape index (κ2) is 8.84. The third-order valence-electron chi connectivity index (χ3n) is 6.19. The van der Waals surface area contributed by atoms with Crippen LogP contribution in [0, 0.1) is 5.41 Å². The zero-order valence-electron chi connectivity index (χ0n) is 19.4. The van der Waals surface area contributed by atoms with Crippen LogP contribution in [0.1, 0.15) is 38.7 Å². The first-order valence-electron chi connectivity index (χ1n) is 11.1. The molecule has 0 aliphatic heterocycles. The number of nitrogens with zero attached hydrogens (tertiary/aromatic N) is 1. The predicted molar refractivity (Wildman–Crippen MR) is 134 cm³/mol. The minimum Gasteiger partial charge on any atom is -0.480 e. The fourth-order valence-corrected chi connectivity index (χ4v) is 6.54. The lowest BCUT2D eigenvalue weighted by molar-refractivity contribution is -0.143. The maximum atomic E-state index is 13.9. The lowest BCUT2D eigenvalue weighted by atomic mass is 9.95. The van der Waals surface area contributed by atoms with Gasteiger partial charge in [0.25, 0.3) is 0 Å². The van der Waals surface area contributed by atoms with Gasteiger partial charge in [-0.15, -0.1) is 0 Å². The summed E-state index contributed by atoms with van der Waals surface area (Å²) < 4.78 is 29.1. The Morgan fingerprint density at radius 1 is 0.971 bits per heavy atom. The van der Waals surface area contributed by atoms with Crippen molar-refractivity contribution in [2.24, 2.45) is 5.41 Å². The standard InChI is InChI=1S/C27H28ClNO4S/c1-26(2,3)18-29(27(25(30)31)17-24(27)21-7-5-4-6-8-21)34(32,33)23-15-11-20(12-16-23)19-9-13-22(28)14-10-19/h4-16,24H,17-18H2,1-3H3,(H,30,31). The first-order chi connectivity index (χ1) is 15.9. The van der Waals surface area contributed by atoms with E-state index in [4.69, 9.17) is 11.6 Å². The maximum Gasteiger partial charge on any atom is 0.325 e. The second-order valence-electron chi connectivity index (χ2n) is 10.0. The fourth-order valence-electron chi connectivity index (χ4n) is 4.41. The van der Waals surface area contributed by atoms with Gasteiger partial charge >= 0.3 is 5.97 Å². The summed E-state index contributed by atoms with van der Waals surface area (Å²) in [6.45, 7) is 5.82. The Kier molecular flexibility index (Phi) is 6.36. The monoisotopic (exact) mass is 497 g/mol. The van der Waals surface area contributed by atoms with Crippen LogP contribution in [-0.2, 0) is 14.8 Å². The SMILES string of the molecule is CC(C)(C)CN(C1(C(=O)O)CC1c1ccccc1)S(=O)(=O)c1ccc(-c2ccc(Cl)cc2)cc1. The number of carboxylic acids is 1. The minimum atomic E-state index is -4.09. The highest BCUT2D eigenvalue weighted by atomic mass is 35.5. The molecule has 3 aromatic carbocycles. The predicted octanol–water partition coefficient (Wildman–Crippen LogP) is 6.05. The van der Waals surface area contributed by atoms with E-state index < -0.39 is 32.9 Å². The van der Waals surface area contributed by atoms with Crippen molar-refractivity contribution in [1.29, 1.82) is 0 Å². The largest absolute Gasteiger partial charge is 0.480 e. The Balaban J connectivity index is 1.74. The molecule has 0 saturated heterocycles. The Morgan fingerprint density at radius 2 is 1.50 bits per heavy atom. The average molecular weight is 498 g/mol. The number of sulfonamides is 1. The van der Waals surface area contributed by atoms with E-state index in [0.29, 0.717) is 5.02 Å². The van der Waals surface area contributed by atoms with Crippen molar-refractivity contribution in [2.45, 2.75) is 43.5 Å². The number of carbonyl (C=O) groups is 1. The van der Waals surface area contributed by atoms with Gasteiger partial charge in [0.05, 0.1) is 4.90 Å². The summed E-state index contributed by atoms with van der Waals surface area (Å²) >= 11 is 5.97. The van der Waals surface area contributed by atoms with E-state index in [-0.39, 0.29) is 17.9 Å². The van der Waals surface area contributed by atoms with Gasteiger partial charge in [0.1, 0.15) is 5.54 Å². The highest BCUT2D eigenvalue weighted by molar-refractivity contribution is 7.89. The molecule has 178 valence electrons. The third-order valence-corrected chi connectivity index (χ3v) is 8.34. The molecule has 1 aliphatic rings. The van der Waals surface area contributed by atoms with Gasteiger partial charge in [-0.3, -0.25) is 4.79 Å². The molecule has 1 saturated carbocycles. The Bertz CT molecular complexity index is 1280. The summed E-state index contributed by atoms with van der Waals surface area (Å²) in [5, 5.41) is 10.9. The molecular formula is C27H28ClNO4S. The molecule has 0 radical (unpaired) electrons. The van der Waals surface area contributed by atoms with Crippen molar-refractivity contribution >= 4 is 27.6 Å². The van der Waals surface area contributed by atoms with Gasteiger partial charge in [-0.2, -0.15) is 4.31 Å². The van der Waals surface area contributed by atoms with Gasteiger partial charge in [-0.25, -0.2) is 8.42 Å². The van der Waals surface area contributed by atoms with Crippen molar-refractivity contribution in [2.75, 3.05) is 6.54 Å². The summed E-state index contributed by atoms with van der Waals surface area (Å²) in [5.74, 6) is -1.52. The zero-order chi connectivity index (χ0) is 24.7. The molecule has 0 aromatic heterocycles. The van der Waals surface area contributed by atoms with E-state index in [1.807, 2.05) is 63.2 Å². The van der Waals surface area contributed by atoms with Crippen LogP contribution in [-0.4, -0.2) is 35.9 Å². The van der Waals surface area contributed by atoms with Crippen LogP contribution in [0.5, 0.6) is 0 Å². The van der Waals surface area contributed by atoms with Crippen LogP contribution in [0.4, 0.5) is 0 Å². The Morgan fingerprint density at radius 3 is 2.00 bits per heavy atom. The molecule has 0 spiro atoms. The summed E-state index contributed by atoms with van der Waals surface area (Å²) in [6, 6.07) is 23.1. The molecule has 0 heterocycles. The molecule has 0 bridgehead atoms. The number of hydrogen-bond acceptors (Lipinski definition) is 3. The number of halogens is 1. The third kappa shape index (κ3) is 4.63. The quantitative estimate of drug-likeness (QED) is 0.431. The Hall–Kier alpha value is -2.67. The number of hydrogen-bond donors (Lipinski definition) is 1. The van der Waals surface area contributed by atoms with Crippen molar-refractivity contribution in [3.05, 3.63) is 89.4 Å². The van der Waals surface area contributed by atoms with E-state index in [0.717, 1.165) is 16.7 Å². The molecule has 1 N–H and O–H groups in total. The first kappa shape index (κ1) is 24.5. The van der Waals surface area contributed by atoms with Crippen molar-refractivity contribution in [1.82, 2.24) is 4.31 Å². The second-order valence-corrected chi connectivity index (χ2v) is 12.3. The van der Waals surface area contributed by atoms with Gasteiger partial charge in [-0.05, 0) is 52.8 Å². The highest BCUT2D eigenvalue weighted by Gasteiger charge is 2.68. The van der Waals surface area contributed by atoms with Gasteiger partial charge < -0.3 is 5.11 Å².